The van der Waals surface area contributed by atoms with Gasteiger partial charge in [-0.25, -0.2) is 19.2 Å². The molecule has 0 unspecified atom stereocenters. The Morgan fingerprint density at radius 2 is 2.04 bits per heavy atom. The van der Waals surface area contributed by atoms with E-state index < -0.39 is 0 Å². The van der Waals surface area contributed by atoms with Crippen molar-refractivity contribution in [3.05, 3.63) is 53.9 Å². The molecule has 138 valence electrons. The van der Waals surface area contributed by atoms with Crippen LogP contribution in [0.2, 0.25) is 0 Å². The summed E-state index contributed by atoms with van der Waals surface area (Å²) in [6, 6.07) is 3.81. The van der Waals surface area contributed by atoms with E-state index in [9.17, 15) is 0 Å². The van der Waals surface area contributed by atoms with Crippen LogP contribution in [0.1, 0.15) is 36.7 Å². The number of aliphatic hydroxyl groups is 1. The molecule has 4 rings (SSSR count). The van der Waals surface area contributed by atoms with Crippen molar-refractivity contribution in [3.8, 4) is 17.2 Å². The molecule has 0 amide bonds. The van der Waals surface area contributed by atoms with Crippen LogP contribution in [-0.2, 0) is 6.42 Å². The maximum atomic E-state index is 9.13. The first-order valence-corrected chi connectivity index (χ1v) is 8.90. The van der Waals surface area contributed by atoms with Gasteiger partial charge in [0.15, 0.2) is 17.3 Å². The standard InChI is InChI=1S/C19H21N7O/c1-12(2)18-22-19(26(24-18)16-4-6-20-9-13(16)3)15-8-17-21-10-14(5-7-27)11-25(17)23-15/h4,6,8-12,27H,5,7H2,1-3H3. The predicted octanol–water partition coefficient (Wildman–Crippen LogP) is 2.34. The van der Waals surface area contributed by atoms with Crippen molar-refractivity contribution in [3.63, 3.8) is 0 Å². The highest BCUT2D eigenvalue weighted by Crippen LogP contribution is 2.24. The molecule has 0 aliphatic carbocycles. The summed E-state index contributed by atoms with van der Waals surface area (Å²) in [7, 11) is 0. The molecule has 8 nitrogen and oxygen atoms in total. The number of rotatable bonds is 5. The number of fused-ring (bicyclic) bond motifs is 1. The summed E-state index contributed by atoms with van der Waals surface area (Å²) in [5.41, 5.74) is 4.27. The second-order valence-electron chi connectivity index (χ2n) is 6.79. The summed E-state index contributed by atoms with van der Waals surface area (Å²) in [4.78, 5) is 13.3. The Balaban J connectivity index is 1.88. The lowest BCUT2D eigenvalue weighted by molar-refractivity contribution is 0.299. The molecule has 0 bridgehead atoms. The van der Waals surface area contributed by atoms with Crippen molar-refractivity contribution in [2.45, 2.75) is 33.1 Å². The minimum Gasteiger partial charge on any atom is -0.396 e. The molecule has 0 radical (unpaired) electrons. The van der Waals surface area contributed by atoms with Gasteiger partial charge in [-0.05, 0) is 30.5 Å². The zero-order valence-electron chi connectivity index (χ0n) is 15.5. The Kier molecular flexibility index (Phi) is 4.41. The van der Waals surface area contributed by atoms with Gasteiger partial charge in [-0.3, -0.25) is 4.98 Å². The molecule has 0 aliphatic heterocycles. The minimum absolute atomic E-state index is 0.0781. The van der Waals surface area contributed by atoms with E-state index >= 15 is 0 Å². The van der Waals surface area contributed by atoms with E-state index in [0.717, 1.165) is 28.3 Å². The normalized spacial score (nSPS) is 11.6. The minimum atomic E-state index is 0.0781. The van der Waals surface area contributed by atoms with Crippen LogP contribution in [0.25, 0.3) is 22.9 Å². The van der Waals surface area contributed by atoms with E-state index in [1.807, 2.05) is 36.1 Å². The van der Waals surface area contributed by atoms with Gasteiger partial charge in [-0.1, -0.05) is 13.8 Å². The third-order valence-electron chi connectivity index (χ3n) is 4.36. The first kappa shape index (κ1) is 17.3. The first-order chi connectivity index (χ1) is 13.1. The van der Waals surface area contributed by atoms with Gasteiger partial charge in [0.2, 0.25) is 0 Å². The van der Waals surface area contributed by atoms with Crippen molar-refractivity contribution in [2.24, 2.45) is 0 Å². The third kappa shape index (κ3) is 3.19. The van der Waals surface area contributed by atoms with Crippen molar-refractivity contribution < 1.29 is 5.11 Å². The molecular formula is C19H21N7O. The topological polar surface area (TPSA) is 94.0 Å². The van der Waals surface area contributed by atoms with Gasteiger partial charge in [0, 0.05) is 43.4 Å². The van der Waals surface area contributed by atoms with Crippen molar-refractivity contribution in [1.82, 2.24) is 34.3 Å². The molecule has 0 saturated carbocycles. The van der Waals surface area contributed by atoms with Crippen LogP contribution in [0, 0.1) is 6.92 Å². The first-order valence-electron chi connectivity index (χ1n) is 8.90. The van der Waals surface area contributed by atoms with Gasteiger partial charge in [0.25, 0.3) is 0 Å². The summed E-state index contributed by atoms with van der Waals surface area (Å²) in [5, 5.41) is 18.5. The second kappa shape index (κ2) is 6.88. The number of aryl methyl sites for hydroxylation is 1. The maximum absolute atomic E-state index is 9.13. The lowest BCUT2D eigenvalue weighted by atomic mass is 10.2. The second-order valence-corrected chi connectivity index (χ2v) is 6.79. The number of hydrogen-bond donors (Lipinski definition) is 1. The van der Waals surface area contributed by atoms with Crippen LogP contribution in [-0.4, -0.2) is 46.1 Å². The molecular weight excluding hydrogens is 342 g/mol. The monoisotopic (exact) mass is 363 g/mol. The predicted molar refractivity (Wildman–Crippen MR) is 101 cm³/mol. The van der Waals surface area contributed by atoms with Gasteiger partial charge in [0.1, 0.15) is 5.69 Å². The number of aliphatic hydroxyl groups excluding tert-OH is 1. The average molecular weight is 363 g/mol. The zero-order chi connectivity index (χ0) is 19.0. The lowest BCUT2D eigenvalue weighted by Crippen LogP contribution is -2.03. The summed E-state index contributed by atoms with van der Waals surface area (Å²) in [6.07, 6.45) is 7.73. The summed E-state index contributed by atoms with van der Waals surface area (Å²) < 4.78 is 3.54. The molecule has 0 aliphatic rings. The van der Waals surface area contributed by atoms with Crippen LogP contribution >= 0.6 is 0 Å². The fourth-order valence-electron chi connectivity index (χ4n) is 2.89. The molecule has 0 saturated heterocycles. The van der Waals surface area contributed by atoms with E-state index in [1.165, 1.54) is 0 Å². The van der Waals surface area contributed by atoms with E-state index in [-0.39, 0.29) is 12.5 Å². The van der Waals surface area contributed by atoms with Crippen LogP contribution in [0.15, 0.2) is 36.9 Å². The van der Waals surface area contributed by atoms with Crippen LogP contribution in [0.3, 0.4) is 0 Å². The van der Waals surface area contributed by atoms with Gasteiger partial charge in [-0.15, -0.1) is 0 Å². The zero-order valence-corrected chi connectivity index (χ0v) is 15.5. The van der Waals surface area contributed by atoms with Gasteiger partial charge < -0.3 is 5.11 Å². The Hall–Kier alpha value is -3.13. The molecule has 4 aromatic heterocycles. The fraction of sp³-hybridized carbons (Fsp3) is 0.316. The molecule has 27 heavy (non-hydrogen) atoms. The quantitative estimate of drug-likeness (QED) is 0.585. The van der Waals surface area contributed by atoms with Crippen LogP contribution in [0.4, 0.5) is 0 Å². The van der Waals surface area contributed by atoms with Crippen LogP contribution in [0.5, 0.6) is 0 Å². The van der Waals surface area contributed by atoms with Crippen molar-refractivity contribution in [1.29, 1.82) is 0 Å². The Bertz CT molecular complexity index is 1100. The Morgan fingerprint density at radius 1 is 1.19 bits per heavy atom. The highest BCUT2D eigenvalue weighted by molar-refractivity contribution is 5.60. The highest BCUT2D eigenvalue weighted by atomic mass is 16.2. The summed E-state index contributed by atoms with van der Waals surface area (Å²) >= 11 is 0. The Labute approximate surface area is 156 Å². The number of pyridine rings is 1. The average Bonchev–Trinajstić information content (AvgIpc) is 3.26. The van der Waals surface area contributed by atoms with Gasteiger partial charge >= 0.3 is 0 Å². The highest BCUT2D eigenvalue weighted by Gasteiger charge is 2.19. The summed E-state index contributed by atoms with van der Waals surface area (Å²) in [6.45, 7) is 6.20. The van der Waals surface area contributed by atoms with Crippen LogP contribution < -0.4 is 0 Å². The molecule has 0 atom stereocenters. The fourth-order valence-corrected chi connectivity index (χ4v) is 2.89. The largest absolute Gasteiger partial charge is 0.396 e. The molecule has 4 aromatic rings. The SMILES string of the molecule is Cc1cnccc1-n1nc(C(C)C)nc1-c1cc2ncc(CCO)cn2n1. The smallest absolute Gasteiger partial charge is 0.183 e. The van der Waals surface area contributed by atoms with Gasteiger partial charge in [-0.2, -0.15) is 10.2 Å². The molecule has 0 aromatic carbocycles. The molecule has 8 heteroatoms. The Morgan fingerprint density at radius 3 is 2.78 bits per heavy atom. The van der Waals surface area contributed by atoms with Crippen molar-refractivity contribution >= 4 is 5.65 Å². The van der Waals surface area contributed by atoms with Gasteiger partial charge in [0.05, 0.1) is 5.69 Å². The third-order valence-corrected chi connectivity index (χ3v) is 4.36. The van der Waals surface area contributed by atoms with E-state index in [0.29, 0.717) is 17.9 Å². The molecule has 1 N–H and O–H groups in total. The number of nitrogens with zero attached hydrogens (tertiary/aromatic N) is 7. The lowest BCUT2D eigenvalue weighted by Gasteiger charge is -2.06. The number of aromatic nitrogens is 7. The molecule has 0 fully saturated rings. The summed E-state index contributed by atoms with van der Waals surface area (Å²) in [5.74, 6) is 1.62. The molecule has 4 heterocycles. The molecule has 0 spiro atoms. The van der Waals surface area contributed by atoms with E-state index in [4.69, 9.17) is 15.2 Å². The maximum Gasteiger partial charge on any atom is 0.183 e. The van der Waals surface area contributed by atoms with E-state index in [2.05, 4.69) is 28.9 Å². The van der Waals surface area contributed by atoms with Crippen molar-refractivity contribution in [2.75, 3.05) is 6.61 Å². The van der Waals surface area contributed by atoms with E-state index in [1.54, 1.807) is 16.9 Å². The number of hydrogen-bond acceptors (Lipinski definition) is 6.